The Morgan fingerprint density at radius 2 is 2.64 bits per heavy atom. The molecular weight excluding hydrogens is 198 g/mol. The molecule has 0 aliphatic carbocycles. The quantitative estimate of drug-likeness (QED) is 0.719. The standard InChI is InChI=1S/C10H13NO2S/c1-2-9-7(3-4-13-9)10(12)8-5-14-6-11-8/h5-7,9H,2-4H2,1H3. The summed E-state index contributed by atoms with van der Waals surface area (Å²) in [6.07, 6.45) is 1.85. The fraction of sp³-hybridized carbons (Fsp3) is 0.600. The zero-order valence-corrected chi connectivity index (χ0v) is 8.92. The average Bonchev–Trinajstić information content (AvgIpc) is 2.87. The number of thiazole rings is 1. The second kappa shape index (κ2) is 4.19. The number of nitrogens with zero attached hydrogens (tertiary/aromatic N) is 1. The largest absolute Gasteiger partial charge is 0.377 e. The Morgan fingerprint density at radius 1 is 1.79 bits per heavy atom. The predicted octanol–water partition coefficient (Wildman–Crippen LogP) is 2.14. The highest BCUT2D eigenvalue weighted by Gasteiger charge is 2.33. The number of aromatic nitrogens is 1. The van der Waals surface area contributed by atoms with Gasteiger partial charge in [0.1, 0.15) is 5.69 Å². The second-order valence-electron chi connectivity index (χ2n) is 3.45. The highest BCUT2D eigenvalue weighted by atomic mass is 32.1. The number of ether oxygens (including phenoxy) is 1. The molecule has 0 spiro atoms. The highest BCUT2D eigenvalue weighted by molar-refractivity contribution is 7.07. The molecule has 1 aliphatic heterocycles. The molecule has 1 aromatic heterocycles. The Kier molecular flexibility index (Phi) is 2.93. The molecule has 0 radical (unpaired) electrons. The number of ketones is 1. The molecule has 0 aromatic carbocycles. The van der Waals surface area contributed by atoms with Crippen LogP contribution in [0.25, 0.3) is 0 Å². The molecule has 0 N–H and O–H groups in total. The van der Waals surface area contributed by atoms with Crippen LogP contribution in [0.2, 0.25) is 0 Å². The Bertz CT molecular complexity index is 310. The summed E-state index contributed by atoms with van der Waals surface area (Å²) in [5.41, 5.74) is 2.30. The third-order valence-corrected chi connectivity index (χ3v) is 3.22. The molecule has 1 aromatic rings. The van der Waals surface area contributed by atoms with E-state index in [0.29, 0.717) is 12.3 Å². The number of Topliss-reactive ketones (excluding diaryl/α,β-unsaturated/α-hetero) is 1. The smallest absolute Gasteiger partial charge is 0.187 e. The van der Waals surface area contributed by atoms with Crippen LogP contribution in [-0.2, 0) is 4.74 Å². The fourth-order valence-electron chi connectivity index (χ4n) is 1.87. The van der Waals surface area contributed by atoms with E-state index in [1.165, 1.54) is 11.3 Å². The van der Waals surface area contributed by atoms with Gasteiger partial charge in [-0.3, -0.25) is 4.79 Å². The van der Waals surface area contributed by atoms with Gasteiger partial charge in [0.25, 0.3) is 0 Å². The minimum Gasteiger partial charge on any atom is -0.377 e. The molecule has 4 heteroatoms. The van der Waals surface area contributed by atoms with Gasteiger partial charge in [0.05, 0.1) is 17.5 Å². The van der Waals surface area contributed by atoms with Gasteiger partial charge < -0.3 is 4.74 Å². The summed E-state index contributed by atoms with van der Waals surface area (Å²) in [7, 11) is 0. The Hall–Kier alpha value is -0.740. The van der Waals surface area contributed by atoms with Gasteiger partial charge in [-0.1, -0.05) is 6.92 Å². The van der Waals surface area contributed by atoms with Crippen molar-refractivity contribution < 1.29 is 9.53 Å². The number of hydrogen-bond acceptors (Lipinski definition) is 4. The topological polar surface area (TPSA) is 39.2 Å². The number of carbonyl (C=O) groups is 1. The molecule has 1 fully saturated rings. The van der Waals surface area contributed by atoms with E-state index in [-0.39, 0.29) is 17.8 Å². The van der Waals surface area contributed by atoms with Crippen molar-refractivity contribution in [3.63, 3.8) is 0 Å². The van der Waals surface area contributed by atoms with Crippen LogP contribution >= 0.6 is 11.3 Å². The lowest BCUT2D eigenvalue weighted by Crippen LogP contribution is -2.23. The first-order valence-corrected chi connectivity index (χ1v) is 5.81. The molecule has 0 saturated carbocycles. The molecule has 1 aliphatic rings. The van der Waals surface area contributed by atoms with E-state index in [1.54, 1.807) is 5.51 Å². The van der Waals surface area contributed by atoms with Gasteiger partial charge >= 0.3 is 0 Å². The second-order valence-corrected chi connectivity index (χ2v) is 4.17. The third-order valence-electron chi connectivity index (χ3n) is 2.63. The van der Waals surface area contributed by atoms with E-state index in [9.17, 15) is 4.79 Å². The SMILES string of the molecule is CCC1OCCC1C(=O)c1cscn1. The maximum Gasteiger partial charge on any atom is 0.187 e. The molecule has 0 bridgehead atoms. The van der Waals surface area contributed by atoms with Crippen molar-refractivity contribution in [3.05, 3.63) is 16.6 Å². The van der Waals surface area contributed by atoms with Crippen molar-refractivity contribution in [1.29, 1.82) is 0 Å². The van der Waals surface area contributed by atoms with E-state index in [1.807, 2.05) is 5.38 Å². The predicted molar refractivity (Wildman–Crippen MR) is 54.6 cm³/mol. The van der Waals surface area contributed by atoms with Gasteiger partial charge in [-0.05, 0) is 12.8 Å². The molecule has 76 valence electrons. The Balaban J connectivity index is 2.11. The molecular formula is C10H13NO2S. The lowest BCUT2D eigenvalue weighted by molar-refractivity contribution is 0.0686. The first kappa shape index (κ1) is 9.80. The van der Waals surface area contributed by atoms with Crippen molar-refractivity contribution in [2.45, 2.75) is 25.9 Å². The van der Waals surface area contributed by atoms with Gasteiger partial charge in [0.15, 0.2) is 5.78 Å². The maximum absolute atomic E-state index is 11.9. The van der Waals surface area contributed by atoms with Gasteiger partial charge in [0.2, 0.25) is 0 Å². The summed E-state index contributed by atoms with van der Waals surface area (Å²) in [5, 5.41) is 1.81. The van der Waals surface area contributed by atoms with Crippen molar-refractivity contribution in [3.8, 4) is 0 Å². The number of rotatable bonds is 3. The van der Waals surface area contributed by atoms with Crippen LogP contribution in [0.1, 0.15) is 30.3 Å². The summed E-state index contributed by atoms with van der Waals surface area (Å²) in [5.74, 6) is 0.178. The normalized spacial score (nSPS) is 26.6. The van der Waals surface area contributed by atoms with Crippen molar-refractivity contribution in [1.82, 2.24) is 4.98 Å². The highest BCUT2D eigenvalue weighted by Crippen LogP contribution is 2.26. The maximum atomic E-state index is 11.9. The van der Waals surface area contributed by atoms with Crippen LogP contribution < -0.4 is 0 Å². The molecule has 0 amide bonds. The fourth-order valence-corrected chi connectivity index (χ4v) is 2.42. The first-order chi connectivity index (χ1) is 6.83. The minimum absolute atomic E-state index is 0.0297. The number of hydrogen-bond donors (Lipinski definition) is 0. The van der Waals surface area contributed by atoms with Gasteiger partial charge in [-0.15, -0.1) is 11.3 Å². The molecule has 14 heavy (non-hydrogen) atoms. The third kappa shape index (κ3) is 1.72. The lowest BCUT2D eigenvalue weighted by atomic mass is 9.93. The Morgan fingerprint density at radius 3 is 3.29 bits per heavy atom. The minimum atomic E-state index is 0.0297. The van der Waals surface area contributed by atoms with Crippen LogP contribution in [0.4, 0.5) is 0 Å². The first-order valence-electron chi connectivity index (χ1n) is 4.87. The molecule has 1 saturated heterocycles. The van der Waals surface area contributed by atoms with E-state index < -0.39 is 0 Å². The Labute approximate surface area is 87.1 Å². The molecule has 2 rings (SSSR count). The zero-order valence-electron chi connectivity index (χ0n) is 8.10. The van der Waals surface area contributed by atoms with Crippen LogP contribution in [-0.4, -0.2) is 23.5 Å². The van der Waals surface area contributed by atoms with E-state index in [4.69, 9.17) is 4.74 Å². The van der Waals surface area contributed by atoms with Gasteiger partial charge in [-0.2, -0.15) is 0 Å². The lowest BCUT2D eigenvalue weighted by Gasteiger charge is -2.13. The van der Waals surface area contributed by atoms with Crippen LogP contribution in [0, 0.1) is 5.92 Å². The van der Waals surface area contributed by atoms with Crippen molar-refractivity contribution >= 4 is 17.1 Å². The molecule has 3 nitrogen and oxygen atoms in total. The van der Waals surface area contributed by atoms with E-state index in [2.05, 4.69) is 11.9 Å². The average molecular weight is 211 g/mol. The van der Waals surface area contributed by atoms with Crippen molar-refractivity contribution in [2.24, 2.45) is 5.92 Å². The summed E-state index contributed by atoms with van der Waals surface area (Å²) >= 11 is 1.46. The van der Waals surface area contributed by atoms with Crippen LogP contribution in [0.3, 0.4) is 0 Å². The van der Waals surface area contributed by atoms with E-state index in [0.717, 1.165) is 12.8 Å². The van der Waals surface area contributed by atoms with Gasteiger partial charge in [0, 0.05) is 12.0 Å². The molecule has 2 heterocycles. The van der Waals surface area contributed by atoms with Crippen molar-refractivity contribution in [2.75, 3.05) is 6.61 Å². The molecule has 2 atom stereocenters. The van der Waals surface area contributed by atoms with E-state index >= 15 is 0 Å². The van der Waals surface area contributed by atoms with Crippen LogP contribution in [0.15, 0.2) is 10.9 Å². The summed E-state index contributed by atoms with van der Waals surface area (Å²) in [6, 6.07) is 0. The molecule has 2 unspecified atom stereocenters. The summed E-state index contributed by atoms with van der Waals surface area (Å²) < 4.78 is 5.49. The zero-order chi connectivity index (χ0) is 9.97. The van der Waals surface area contributed by atoms with Crippen LogP contribution in [0.5, 0.6) is 0 Å². The summed E-state index contributed by atoms with van der Waals surface area (Å²) in [4.78, 5) is 16.0. The number of carbonyl (C=O) groups excluding carboxylic acids is 1. The monoisotopic (exact) mass is 211 g/mol. The summed E-state index contributed by atoms with van der Waals surface area (Å²) in [6.45, 7) is 2.76. The van der Waals surface area contributed by atoms with Gasteiger partial charge in [-0.25, -0.2) is 4.98 Å².